The first-order chi connectivity index (χ1) is 13.1. The van der Waals surface area contributed by atoms with Gasteiger partial charge in [0, 0.05) is 24.6 Å². The van der Waals surface area contributed by atoms with Gasteiger partial charge >= 0.3 is 0 Å². The van der Waals surface area contributed by atoms with Gasteiger partial charge < -0.3 is 9.88 Å². The van der Waals surface area contributed by atoms with Crippen molar-refractivity contribution in [2.24, 2.45) is 0 Å². The molecular weight excluding hydrogens is 350 g/mol. The number of rotatable bonds is 3. The fourth-order valence-corrected chi connectivity index (χ4v) is 3.38. The first-order valence-electron chi connectivity index (χ1n) is 8.86. The lowest BCUT2D eigenvalue weighted by molar-refractivity contribution is 0.0928. The Bertz CT molecular complexity index is 971. The van der Waals surface area contributed by atoms with Gasteiger partial charge in [0.05, 0.1) is 5.56 Å². The lowest BCUT2D eigenvalue weighted by Crippen LogP contribution is -2.35. The van der Waals surface area contributed by atoms with E-state index >= 15 is 0 Å². The molecule has 7 heteroatoms. The highest BCUT2D eigenvalue weighted by atomic mass is 19.2. The van der Waals surface area contributed by atoms with Crippen molar-refractivity contribution in [2.45, 2.75) is 31.8 Å². The monoisotopic (exact) mass is 368 g/mol. The van der Waals surface area contributed by atoms with Gasteiger partial charge in [-0.2, -0.15) is 0 Å². The van der Waals surface area contributed by atoms with Crippen LogP contribution in [-0.2, 0) is 13.0 Å². The van der Waals surface area contributed by atoms with E-state index < -0.39 is 17.5 Å². The van der Waals surface area contributed by atoms with Crippen LogP contribution in [0.4, 0.5) is 8.78 Å². The summed E-state index contributed by atoms with van der Waals surface area (Å²) in [5, 5.41) is 11.4. The molecule has 0 spiro atoms. The summed E-state index contributed by atoms with van der Waals surface area (Å²) in [6, 6.07) is 13.3. The summed E-state index contributed by atoms with van der Waals surface area (Å²) in [5.74, 6) is -1.08. The smallest absolute Gasteiger partial charge is 0.254 e. The maximum atomic E-state index is 13.8. The summed E-state index contributed by atoms with van der Waals surface area (Å²) < 4.78 is 29.2. The molecule has 1 aromatic heterocycles. The van der Waals surface area contributed by atoms with E-state index in [-0.39, 0.29) is 11.6 Å². The number of nitrogens with one attached hydrogen (secondary N) is 1. The normalized spacial score (nSPS) is 16.4. The highest BCUT2D eigenvalue weighted by Gasteiger charge is 2.23. The number of halogens is 2. The predicted molar refractivity (Wildman–Crippen MR) is 96.0 cm³/mol. The molecule has 2 aromatic carbocycles. The van der Waals surface area contributed by atoms with Crippen LogP contribution in [0.1, 0.15) is 29.0 Å². The number of carbonyl (C=O) groups is 1. The summed E-state index contributed by atoms with van der Waals surface area (Å²) >= 11 is 0. The molecule has 1 amide bonds. The third-order valence-electron chi connectivity index (χ3n) is 4.81. The van der Waals surface area contributed by atoms with Crippen molar-refractivity contribution in [1.82, 2.24) is 20.1 Å². The van der Waals surface area contributed by atoms with Crippen LogP contribution in [0, 0.1) is 11.6 Å². The molecular formula is C20H18F2N4O. The van der Waals surface area contributed by atoms with Gasteiger partial charge in [-0.1, -0.05) is 36.4 Å². The number of hydrogen-bond acceptors (Lipinski definition) is 3. The third-order valence-corrected chi connectivity index (χ3v) is 4.81. The zero-order valence-corrected chi connectivity index (χ0v) is 14.5. The summed E-state index contributed by atoms with van der Waals surface area (Å²) in [6.45, 7) is 0.642. The number of benzene rings is 2. The van der Waals surface area contributed by atoms with E-state index in [1.807, 2.05) is 30.3 Å². The third kappa shape index (κ3) is 3.45. The molecule has 4 rings (SSSR count). The molecule has 1 aliphatic rings. The molecule has 0 radical (unpaired) electrons. The van der Waals surface area contributed by atoms with Crippen LogP contribution >= 0.6 is 0 Å². The Morgan fingerprint density at radius 2 is 1.85 bits per heavy atom. The molecule has 1 aliphatic heterocycles. The SMILES string of the molecule is O=C(NC1CCc2nnc(-c3ccccc3)n2CC1)c1cccc(F)c1F. The van der Waals surface area contributed by atoms with Gasteiger partial charge in [-0.25, -0.2) is 8.78 Å². The number of fused-ring (bicyclic) bond motifs is 1. The van der Waals surface area contributed by atoms with Crippen molar-refractivity contribution >= 4 is 5.91 Å². The maximum Gasteiger partial charge on any atom is 0.254 e. The van der Waals surface area contributed by atoms with Crippen molar-refractivity contribution in [3.63, 3.8) is 0 Å². The first-order valence-corrected chi connectivity index (χ1v) is 8.86. The number of carbonyl (C=O) groups excluding carboxylic acids is 1. The van der Waals surface area contributed by atoms with Crippen molar-refractivity contribution in [3.05, 3.63) is 71.6 Å². The van der Waals surface area contributed by atoms with E-state index in [9.17, 15) is 13.6 Å². The fourth-order valence-electron chi connectivity index (χ4n) is 3.38. The molecule has 1 N–H and O–H groups in total. The van der Waals surface area contributed by atoms with Gasteiger partial charge in [-0.15, -0.1) is 10.2 Å². The summed E-state index contributed by atoms with van der Waals surface area (Å²) in [6.07, 6.45) is 1.97. The average molecular weight is 368 g/mol. The van der Waals surface area contributed by atoms with Crippen LogP contribution in [0.5, 0.6) is 0 Å². The highest BCUT2D eigenvalue weighted by Crippen LogP contribution is 2.23. The van der Waals surface area contributed by atoms with Crippen molar-refractivity contribution in [1.29, 1.82) is 0 Å². The van der Waals surface area contributed by atoms with Crippen LogP contribution in [0.15, 0.2) is 48.5 Å². The van der Waals surface area contributed by atoms with E-state index in [2.05, 4.69) is 20.1 Å². The second-order valence-corrected chi connectivity index (χ2v) is 6.56. The van der Waals surface area contributed by atoms with Gasteiger partial charge in [0.1, 0.15) is 5.82 Å². The van der Waals surface area contributed by atoms with Gasteiger partial charge in [-0.3, -0.25) is 4.79 Å². The Kier molecular flexibility index (Phi) is 4.66. The zero-order chi connectivity index (χ0) is 18.8. The summed E-state index contributed by atoms with van der Waals surface area (Å²) in [7, 11) is 0. The fraction of sp³-hybridized carbons (Fsp3) is 0.250. The first kappa shape index (κ1) is 17.3. The Morgan fingerprint density at radius 1 is 1.04 bits per heavy atom. The van der Waals surface area contributed by atoms with Crippen molar-refractivity contribution < 1.29 is 13.6 Å². The number of aromatic nitrogens is 3. The van der Waals surface area contributed by atoms with E-state index in [0.29, 0.717) is 25.8 Å². The second kappa shape index (κ2) is 7.26. The maximum absolute atomic E-state index is 13.8. The van der Waals surface area contributed by atoms with Crippen molar-refractivity contribution in [2.75, 3.05) is 0 Å². The quantitative estimate of drug-likeness (QED) is 0.771. The van der Waals surface area contributed by atoms with E-state index in [0.717, 1.165) is 23.3 Å². The highest BCUT2D eigenvalue weighted by molar-refractivity contribution is 5.94. The molecule has 27 heavy (non-hydrogen) atoms. The standard InChI is InChI=1S/C20H18F2N4O/c21-16-8-4-7-15(18(16)22)20(27)23-14-9-10-17-24-25-19(26(17)12-11-14)13-5-2-1-3-6-13/h1-8,14H,9-12H2,(H,23,27). The summed E-state index contributed by atoms with van der Waals surface area (Å²) in [5.41, 5.74) is 0.712. The minimum atomic E-state index is -1.12. The Hall–Kier alpha value is -3.09. The molecule has 0 saturated heterocycles. The van der Waals surface area contributed by atoms with E-state index in [4.69, 9.17) is 0 Å². The molecule has 0 saturated carbocycles. The van der Waals surface area contributed by atoms with Gasteiger partial charge in [0.25, 0.3) is 5.91 Å². The largest absolute Gasteiger partial charge is 0.349 e. The van der Waals surface area contributed by atoms with Crippen LogP contribution < -0.4 is 5.32 Å². The average Bonchev–Trinajstić information content (AvgIpc) is 2.99. The summed E-state index contributed by atoms with van der Waals surface area (Å²) in [4.78, 5) is 12.3. The van der Waals surface area contributed by atoms with Crippen LogP contribution in [0.2, 0.25) is 0 Å². The molecule has 0 fully saturated rings. The van der Waals surface area contributed by atoms with Crippen LogP contribution in [-0.4, -0.2) is 26.7 Å². The molecule has 5 nitrogen and oxygen atoms in total. The molecule has 2 heterocycles. The lowest BCUT2D eigenvalue weighted by atomic mass is 10.1. The number of nitrogens with zero attached hydrogens (tertiary/aromatic N) is 3. The number of hydrogen-bond donors (Lipinski definition) is 1. The lowest BCUT2D eigenvalue weighted by Gasteiger charge is -2.16. The molecule has 138 valence electrons. The zero-order valence-electron chi connectivity index (χ0n) is 14.5. The number of aryl methyl sites for hydroxylation is 1. The van der Waals surface area contributed by atoms with Crippen LogP contribution in [0.25, 0.3) is 11.4 Å². The molecule has 1 unspecified atom stereocenters. The second-order valence-electron chi connectivity index (χ2n) is 6.56. The number of amides is 1. The molecule has 0 bridgehead atoms. The Labute approximate surface area is 155 Å². The Balaban J connectivity index is 1.49. The van der Waals surface area contributed by atoms with Crippen LogP contribution in [0.3, 0.4) is 0 Å². The van der Waals surface area contributed by atoms with E-state index in [1.165, 1.54) is 12.1 Å². The van der Waals surface area contributed by atoms with Crippen molar-refractivity contribution in [3.8, 4) is 11.4 Å². The van der Waals surface area contributed by atoms with Gasteiger partial charge in [0.2, 0.25) is 0 Å². The molecule has 1 atom stereocenters. The van der Waals surface area contributed by atoms with Gasteiger partial charge in [0.15, 0.2) is 17.5 Å². The Morgan fingerprint density at radius 3 is 2.67 bits per heavy atom. The molecule has 0 aliphatic carbocycles. The molecule has 3 aromatic rings. The minimum absolute atomic E-state index is 0.148. The predicted octanol–water partition coefficient (Wildman–Crippen LogP) is 3.36. The van der Waals surface area contributed by atoms with E-state index in [1.54, 1.807) is 0 Å². The minimum Gasteiger partial charge on any atom is -0.349 e. The topological polar surface area (TPSA) is 59.8 Å². The van der Waals surface area contributed by atoms with Gasteiger partial charge in [-0.05, 0) is 25.0 Å².